The van der Waals surface area contributed by atoms with Gasteiger partial charge in [0, 0.05) is 11.1 Å². The molecule has 3 rings (SSSR count). The Hall–Kier alpha value is -3.35. The summed E-state index contributed by atoms with van der Waals surface area (Å²) in [6, 6.07) is 4.60. The SMILES string of the molecule is COc1c(C)c(O)c2c(=O)c(OC)c(Oc3ccc(O)c(C)c3)oc2c1C. The van der Waals surface area contributed by atoms with Gasteiger partial charge in [0.1, 0.15) is 28.4 Å². The predicted octanol–water partition coefficient (Wildman–Crippen LogP) is 3.94. The molecule has 2 N–H and O–H groups in total. The van der Waals surface area contributed by atoms with Gasteiger partial charge in [0.05, 0.1) is 14.2 Å². The van der Waals surface area contributed by atoms with Gasteiger partial charge in [-0.1, -0.05) is 0 Å². The van der Waals surface area contributed by atoms with Gasteiger partial charge in [0.25, 0.3) is 0 Å². The fourth-order valence-corrected chi connectivity index (χ4v) is 3.01. The van der Waals surface area contributed by atoms with Gasteiger partial charge in [-0.15, -0.1) is 0 Å². The fraction of sp³-hybridized carbons (Fsp3) is 0.250. The van der Waals surface area contributed by atoms with Crippen molar-refractivity contribution in [3.05, 3.63) is 45.1 Å². The zero-order chi connectivity index (χ0) is 19.9. The highest BCUT2D eigenvalue weighted by Crippen LogP contribution is 2.42. The second-order valence-corrected chi connectivity index (χ2v) is 6.14. The Kier molecular flexibility index (Phi) is 4.61. The highest BCUT2D eigenvalue weighted by atomic mass is 16.6. The maximum absolute atomic E-state index is 12.9. The normalized spacial score (nSPS) is 10.9. The van der Waals surface area contributed by atoms with Gasteiger partial charge in [-0.25, -0.2) is 0 Å². The first kappa shape index (κ1) is 18.4. The molecule has 0 aliphatic heterocycles. The maximum atomic E-state index is 12.9. The third-order valence-electron chi connectivity index (χ3n) is 4.44. The number of hydrogen-bond donors (Lipinski definition) is 2. The van der Waals surface area contributed by atoms with Crippen LogP contribution in [0.5, 0.6) is 34.7 Å². The van der Waals surface area contributed by atoms with Crippen LogP contribution in [-0.2, 0) is 0 Å². The molecular weight excluding hydrogens is 352 g/mol. The van der Waals surface area contributed by atoms with Crippen molar-refractivity contribution in [2.24, 2.45) is 0 Å². The summed E-state index contributed by atoms with van der Waals surface area (Å²) in [5.41, 5.74) is 1.16. The summed E-state index contributed by atoms with van der Waals surface area (Å²) >= 11 is 0. The zero-order valence-electron chi connectivity index (χ0n) is 15.7. The molecule has 0 aliphatic carbocycles. The molecule has 2 aromatic carbocycles. The van der Waals surface area contributed by atoms with Gasteiger partial charge in [0.15, 0.2) is 5.58 Å². The number of aryl methyl sites for hydroxylation is 2. The topological polar surface area (TPSA) is 98.4 Å². The minimum atomic E-state index is -0.560. The predicted molar refractivity (Wildman–Crippen MR) is 99.6 cm³/mol. The van der Waals surface area contributed by atoms with Crippen LogP contribution in [0.4, 0.5) is 0 Å². The van der Waals surface area contributed by atoms with Crippen molar-refractivity contribution in [3.63, 3.8) is 0 Å². The molecule has 1 aromatic heterocycles. The van der Waals surface area contributed by atoms with Crippen LogP contribution in [0.2, 0.25) is 0 Å². The average molecular weight is 372 g/mol. The molecule has 0 saturated carbocycles. The Labute approximate surface area is 155 Å². The molecule has 142 valence electrons. The van der Waals surface area contributed by atoms with E-state index in [1.807, 2.05) is 0 Å². The Morgan fingerprint density at radius 3 is 2.22 bits per heavy atom. The molecular formula is C20H20O7. The van der Waals surface area contributed by atoms with Crippen molar-refractivity contribution >= 4 is 11.0 Å². The Morgan fingerprint density at radius 2 is 1.63 bits per heavy atom. The molecule has 7 nitrogen and oxygen atoms in total. The third-order valence-corrected chi connectivity index (χ3v) is 4.44. The number of ether oxygens (including phenoxy) is 3. The smallest absolute Gasteiger partial charge is 0.338 e. The maximum Gasteiger partial charge on any atom is 0.338 e. The van der Waals surface area contributed by atoms with E-state index in [4.69, 9.17) is 18.6 Å². The number of hydrogen-bond acceptors (Lipinski definition) is 7. The van der Waals surface area contributed by atoms with E-state index in [1.165, 1.54) is 26.4 Å². The second-order valence-electron chi connectivity index (χ2n) is 6.14. The summed E-state index contributed by atoms with van der Waals surface area (Å²) in [5, 5.41) is 20.1. The van der Waals surface area contributed by atoms with Gasteiger partial charge in [0.2, 0.25) is 11.2 Å². The van der Waals surface area contributed by atoms with Gasteiger partial charge in [-0.2, -0.15) is 0 Å². The van der Waals surface area contributed by atoms with E-state index < -0.39 is 5.43 Å². The van der Waals surface area contributed by atoms with Gasteiger partial charge in [-0.3, -0.25) is 4.79 Å². The lowest BCUT2D eigenvalue weighted by Crippen LogP contribution is -2.09. The summed E-state index contributed by atoms with van der Waals surface area (Å²) in [5.74, 6) is 0.328. The van der Waals surface area contributed by atoms with Crippen molar-refractivity contribution in [2.75, 3.05) is 14.2 Å². The zero-order valence-corrected chi connectivity index (χ0v) is 15.7. The highest BCUT2D eigenvalue weighted by Gasteiger charge is 2.25. The second kappa shape index (κ2) is 6.75. The number of benzene rings is 2. The quantitative estimate of drug-likeness (QED) is 0.716. The molecule has 0 unspecified atom stereocenters. The Bertz CT molecular complexity index is 1100. The molecule has 0 saturated heterocycles. The Morgan fingerprint density at radius 1 is 0.963 bits per heavy atom. The third kappa shape index (κ3) is 2.91. The van der Waals surface area contributed by atoms with Gasteiger partial charge in [-0.05, 0) is 44.5 Å². The van der Waals surface area contributed by atoms with Crippen molar-refractivity contribution in [1.29, 1.82) is 0 Å². The van der Waals surface area contributed by atoms with E-state index in [-0.39, 0.29) is 34.2 Å². The van der Waals surface area contributed by atoms with Crippen molar-refractivity contribution in [3.8, 4) is 34.7 Å². The average Bonchev–Trinajstić information content (AvgIpc) is 2.63. The van der Waals surface area contributed by atoms with Crippen molar-refractivity contribution in [2.45, 2.75) is 20.8 Å². The van der Waals surface area contributed by atoms with E-state index in [9.17, 15) is 15.0 Å². The molecule has 0 amide bonds. The number of fused-ring (bicyclic) bond motifs is 1. The van der Waals surface area contributed by atoms with Crippen LogP contribution >= 0.6 is 0 Å². The molecule has 0 spiro atoms. The van der Waals surface area contributed by atoms with Crippen LogP contribution in [-0.4, -0.2) is 24.4 Å². The minimum absolute atomic E-state index is 0.00288. The number of methoxy groups -OCH3 is 2. The lowest BCUT2D eigenvalue weighted by molar-refractivity contribution is 0.303. The van der Waals surface area contributed by atoms with E-state index >= 15 is 0 Å². The fourth-order valence-electron chi connectivity index (χ4n) is 3.01. The first-order valence-electron chi connectivity index (χ1n) is 8.18. The molecule has 0 fully saturated rings. The van der Waals surface area contributed by atoms with E-state index in [0.29, 0.717) is 28.2 Å². The largest absolute Gasteiger partial charge is 0.508 e. The summed E-state index contributed by atoms with van der Waals surface area (Å²) in [4.78, 5) is 12.9. The van der Waals surface area contributed by atoms with Crippen LogP contribution < -0.4 is 19.6 Å². The molecule has 0 radical (unpaired) electrons. The van der Waals surface area contributed by atoms with Crippen molar-refractivity contribution in [1.82, 2.24) is 0 Å². The summed E-state index contributed by atoms with van der Waals surface area (Å²) in [6.07, 6.45) is 0. The van der Waals surface area contributed by atoms with Crippen LogP contribution in [0.25, 0.3) is 11.0 Å². The van der Waals surface area contributed by atoms with Crippen molar-refractivity contribution < 1.29 is 28.8 Å². The van der Waals surface area contributed by atoms with Crippen LogP contribution in [0.1, 0.15) is 16.7 Å². The summed E-state index contributed by atoms with van der Waals surface area (Å²) in [6.45, 7) is 5.08. The molecule has 0 atom stereocenters. The monoisotopic (exact) mass is 372 g/mol. The van der Waals surface area contributed by atoms with E-state index in [1.54, 1.807) is 26.8 Å². The first-order valence-corrected chi connectivity index (χ1v) is 8.18. The lowest BCUT2D eigenvalue weighted by atomic mass is 10.0. The minimum Gasteiger partial charge on any atom is -0.508 e. The van der Waals surface area contributed by atoms with Crippen LogP contribution in [0.3, 0.4) is 0 Å². The summed E-state index contributed by atoms with van der Waals surface area (Å²) < 4.78 is 22.0. The molecule has 27 heavy (non-hydrogen) atoms. The lowest BCUT2D eigenvalue weighted by Gasteiger charge is -2.15. The number of phenols is 2. The van der Waals surface area contributed by atoms with E-state index in [2.05, 4.69) is 0 Å². The number of aromatic hydroxyl groups is 2. The molecule has 0 bridgehead atoms. The first-order chi connectivity index (χ1) is 12.8. The number of rotatable bonds is 4. The van der Waals surface area contributed by atoms with Crippen LogP contribution in [0, 0.1) is 20.8 Å². The van der Waals surface area contributed by atoms with E-state index in [0.717, 1.165) is 0 Å². The Balaban J connectivity index is 2.30. The highest BCUT2D eigenvalue weighted by molar-refractivity contribution is 5.91. The van der Waals surface area contributed by atoms with Gasteiger partial charge < -0.3 is 28.8 Å². The number of phenolic OH excluding ortho intramolecular Hbond substituents is 2. The van der Waals surface area contributed by atoms with Crippen LogP contribution in [0.15, 0.2) is 27.4 Å². The standard InChI is InChI=1S/C20H20O7/c1-9-8-12(6-7-13(9)21)26-20-19(25-5)16(23)14-15(22)10(2)17(24-4)11(3)18(14)27-20/h6-8,21-22H,1-5H3. The molecule has 1 heterocycles. The molecule has 7 heteroatoms. The molecule has 3 aromatic rings. The summed E-state index contributed by atoms with van der Waals surface area (Å²) in [7, 11) is 2.78. The van der Waals surface area contributed by atoms with Gasteiger partial charge >= 0.3 is 5.95 Å². The molecule has 0 aliphatic rings.